The summed E-state index contributed by atoms with van der Waals surface area (Å²) in [6.07, 6.45) is 5.31. The van der Waals surface area contributed by atoms with Crippen LogP contribution in [0.15, 0.2) is 29.7 Å². The second kappa shape index (κ2) is 5.10. The van der Waals surface area contributed by atoms with E-state index in [9.17, 15) is 0 Å². The summed E-state index contributed by atoms with van der Waals surface area (Å²) < 4.78 is 0. The van der Waals surface area contributed by atoms with Gasteiger partial charge in [0.05, 0.1) is 0 Å². The smallest absolute Gasteiger partial charge is 0.0346 e. The SMILES string of the molecule is C=C(c1ccc2c(c1)SCC2)C(NC)C1CCC1. The van der Waals surface area contributed by atoms with Gasteiger partial charge in [0.25, 0.3) is 0 Å². The molecule has 1 N–H and O–H groups in total. The van der Waals surface area contributed by atoms with E-state index in [4.69, 9.17) is 0 Å². The lowest BCUT2D eigenvalue weighted by Gasteiger charge is -2.35. The van der Waals surface area contributed by atoms with E-state index in [0.29, 0.717) is 6.04 Å². The molecule has 2 aliphatic rings. The van der Waals surface area contributed by atoms with Gasteiger partial charge in [-0.05, 0) is 55.0 Å². The highest BCUT2D eigenvalue weighted by Gasteiger charge is 2.28. The average molecular weight is 259 g/mol. The molecule has 3 rings (SSSR count). The highest BCUT2D eigenvalue weighted by Crippen LogP contribution is 2.37. The van der Waals surface area contributed by atoms with Crippen molar-refractivity contribution in [2.45, 2.75) is 36.6 Å². The molecule has 18 heavy (non-hydrogen) atoms. The van der Waals surface area contributed by atoms with Crippen LogP contribution in [-0.2, 0) is 6.42 Å². The molecule has 0 amide bonds. The summed E-state index contributed by atoms with van der Waals surface area (Å²) in [5.41, 5.74) is 4.12. The van der Waals surface area contributed by atoms with Crippen LogP contribution < -0.4 is 5.32 Å². The average Bonchev–Trinajstić information content (AvgIpc) is 2.79. The van der Waals surface area contributed by atoms with Gasteiger partial charge in [-0.1, -0.05) is 25.1 Å². The minimum absolute atomic E-state index is 0.461. The molecule has 0 saturated heterocycles. The summed E-state index contributed by atoms with van der Waals surface area (Å²) in [4.78, 5) is 1.47. The predicted molar refractivity (Wildman–Crippen MR) is 80.1 cm³/mol. The summed E-state index contributed by atoms with van der Waals surface area (Å²) in [5.74, 6) is 2.03. The first-order valence-corrected chi connectivity index (χ1v) is 7.90. The molecule has 0 spiro atoms. The molecular weight excluding hydrogens is 238 g/mol. The molecule has 1 aliphatic carbocycles. The van der Waals surface area contributed by atoms with Crippen LogP contribution in [0.25, 0.3) is 5.57 Å². The molecule has 1 fully saturated rings. The van der Waals surface area contributed by atoms with Crippen LogP contribution in [0.5, 0.6) is 0 Å². The van der Waals surface area contributed by atoms with Gasteiger partial charge in [0, 0.05) is 16.7 Å². The van der Waals surface area contributed by atoms with Crippen molar-refractivity contribution in [2.24, 2.45) is 5.92 Å². The van der Waals surface area contributed by atoms with E-state index < -0.39 is 0 Å². The monoisotopic (exact) mass is 259 g/mol. The molecule has 1 atom stereocenters. The lowest BCUT2D eigenvalue weighted by atomic mass is 9.76. The van der Waals surface area contributed by atoms with Crippen LogP contribution in [0, 0.1) is 5.92 Å². The zero-order valence-corrected chi connectivity index (χ0v) is 11.9. The third-order valence-electron chi connectivity index (χ3n) is 4.37. The van der Waals surface area contributed by atoms with Gasteiger partial charge in [-0.3, -0.25) is 0 Å². The molecule has 0 radical (unpaired) electrons. The van der Waals surface area contributed by atoms with Crippen molar-refractivity contribution in [1.82, 2.24) is 5.32 Å². The number of fused-ring (bicyclic) bond motifs is 1. The number of thioether (sulfide) groups is 1. The molecule has 1 aromatic carbocycles. The number of hydrogen-bond acceptors (Lipinski definition) is 2. The summed E-state index contributed by atoms with van der Waals surface area (Å²) >= 11 is 1.99. The lowest BCUT2D eigenvalue weighted by Crippen LogP contribution is -2.38. The largest absolute Gasteiger partial charge is 0.313 e. The third kappa shape index (κ3) is 2.12. The van der Waals surface area contributed by atoms with E-state index in [1.54, 1.807) is 0 Å². The molecule has 1 heterocycles. The summed E-state index contributed by atoms with van der Waals surface area (Å²) in [6, 6.07) is 7.36. The normalized spacial score (nSPS) is 20.3. The molecule has 1 unspecified atom stereocenters. The Balaban J connectivity index is 1.82. The summed E-state index contributed by atoms with van der Waals surface area (Å²) in [6.45, 7) is 4.35. The second-order valence-corrected chi connectivity index (χ2v) is 6.54. The minimum Gasteiger partial charge on any atom is -0.313 e. The number of hydrogen-bond donors (Lipinski definition) is 1. The van der Waals surface area contributed by atoms with Crippen LogP contribution in [0.1, 0.15) is 30.4 Å². The predicted octanol–water partition coefficient (Wildman–Crippen LogP) is 3.74. The van der Waals surface area contributed by atoms with E-state index in [0.717, 1.165) is 5.92 Å². The standard InChI is InChI=1S/C16H21NS/c1-11(16(17-2)13-4-3-5-13)14-7-6-12-8-9-18-15(12)10-14/h6-7,10,13,16-17H,1,3-5,8-9H2,2H3. The fraction of sp³-hybridized carbons (Fsp3) is 0.500. The first kappa shape index (κ1) is 12.3. The van der Waals surface area contributed by atoms with Gasteiger partial charge in [-0.2, -0.15) is 0 Å². The maximum atomic E-state index is 4.35. The van der Waals surface area contributed by atoms with Crippen molar-refractivity contribution in [3.63, 3.8) is 0 Å². The zero-order valence-electron chi connectivity index (χ0n) is 11.0. The van der Waals surface area contributed by atoms with E-state index in [2.05, 4.69) is 37.1 Å². The number of rotatable bonds is 4. The summed E-state index contributed by atoms with van der Waals surface area (Å²) in [7, 11) is 2.07. The topological polar surface area (TPSA) is 12.0 Å². The Hall–Kier alpha value is -0.730. The van der Waals surface area contributed by atoms with E-state index in [1.165, 1.54) is 53.0 Å². The Morgan fingerprint density at radius 1 is 1.44 bits per heavy atom. The van der Waals surface area contributed by atoms with Crippen molar-refractivity contribution < 1.29 is 0 Å². The number of aryl methyl sites for hydroxylation is 1. The van der Waals surface area contributed by atoms with Crippen LogP contribution in [0.3, 0.4) is 0 Å². The Bertz CT molecular complexity index is 462. The Morgan fingerprint density at radius 3 is 2.94 bits per heavy atom. The molecule has 0 aromatic heterocycles. The maximum Gasteiger partial charge on any atom is 0.0346 e. The lowest BCUT2D eigenvalue weighted by molar-refractivity contribution is 0.273. The molecule has 1 aliphatic heterocycles. The van der Waals surface area contributed by atoms with Crippen molar-refractivity contribution in [3.05, 3.63) is 35.9 Å². The van der Waals surface area contributed by atoms with Crippen molar-refractivity contribution >= 4 is 17.3 Å². The molecule has 1 aromatic rings. The van der Waals surface area contributed by atoms with Crippen molar-refractivity contribution in [1.29, 1.82) is 0 Å². The van der Waals surface area contributed by atoms with E-state index in [-0.39, 0.29) is 0 Å². The quantitative estimate of drug-likeness (QED) is 0.884. The van der Waals surface area contributed by atoms with Crippen LogP contribution >= 0.6 is 11.8 Å². The summed E-state index contributed by atoms with van der Waals surface area (Å²) in [5, 5.41) is 3.46. The van der Waals surface area contributed by atoms with Gasteiger partial charge in [0.15, 0.2) is 0 Å². The fourth-order valence-electron chi connectivity index (χ4n) is 3.01. The number of benzene rings is 1. The number of nitrogens with one attached hydrogen (secondary N) is 1. The van der Waals surface area contributed by atoms with Gasteiger partial charge >= 0.3 is 0 Å². The molecular formula is C16H21NS. The zero-order chi connectivity index (χ0) is 12.5. The highest BCUT2D eigenvalue weighted by atomic mass is 32.2. The van der Waals surface area contributed by atoms with Gasteiger partial charge in [-0.25, -0.2) is 0 Å². The first-order chi connectivity index (χ1) is 8.79. The maximum absolute atomic E-state index is 4.35. The van der Waals surface area contributed by atoms with Gasteiger partial charge in [0.1, 0.15) is 0 Å². The molecule has 96 valence electrons. The van der Waals surface area contributed by atoms with Crippen LogP contribution in [0.2, 0.25) is 0 Å². The minimum atomic E-state index is 0.461. The van der Waals surface area contributed by atoms with Gasteiger partial charge < -0.3 is 5.32 Å². The molecule has 0 bridgehead atoms. The fourth-order valence-corrected chi connectivity index (χ4v) is 4.12. The molecule has 1 nitrogen and oxygen atoms in total. The Morgan fingerprint density at radius 2 is 2.28 bits per heavy atom. The highest BCUT2D eigenvalue weighted by molar-refractivity contribution is 7.99. The third-order valence-corrected chi connectivity index (χ3v) is 5.47. The van der Waals surface area contributed by atoms with Gasteiger partial charge in [-0.15, -0.1) is 11.8 Å². The Kier molecular flexibility index (Phi) is 3.49. The number of likely N-dealkylation sites (N-methyl/N-ethyl adjacent to an activating group) is 1. The van der Waals surface area contributed by atoms with Crippen LogP contribution in [-0.4, -0.2) is 18.8 Å². The Labute approximate surface area is 114 Å². The first-order valence-electron chi connectivity index (χ1n) is 6.92. The van der Waals surface area contributed by atoms with Crippen LogP contribution in [0.4, 0.5) is 0 Å². The molecule has 2 heteroatoms. The second-order valence-electron chi connectivity index (χ2n) is 5.40. The van der Waals surface area contributed by atoms with Gasteiger partial charge in [0.2, 0.25) is 0 Å². The van der Waals surface area contributed by atoms with E-state index >= 15 is 0 Å². The van der Waals surface area contributed by atoms with Crippen molar-refractivity contribution in [2.75, 3.05) is 12.8 Å². The molecule has 1 saturated carbocycles. The van der Waals surface area contributed by atoms with Crippen molar-refractivity contribution in [3.8, 4) is 0 Å². The van der Waals surface area contributed by atoms with E-state index in [1.807, 2.05) is 11.8 Å².